The van der Waals surface area contributed by atoms with E-state index in [0.717, 1.165) is 55.4 Å². The maximum atomic E-state index is 9.81. The monoisotopic (exact) mass is 412 g/mol. The molecular weight excluding hydrogens is 372 g/mol. The number of aliphatic hydroxyl groups excluding tert-OH is 1. The summed E-state index contributed by atoms with van der Waals surface area (Å²) in [4.78, 5) is 0. The van der Waals surface area contributed by atoms with E-state index < -0.39 is 0 Å². The van der Waals surface area contributed by atoms with Crippen LogP contribution in [-0.4, -0.2) is 22.4 Å². The van der Waals surface area contributed by atoms with Crippen molar-refractivity contribution in [2.75, 3.05) is 6.61 Å². The highest BCUT2D eigenvalue weighted by atomic mass is 16.5. The minimum atomic E-state index is -0.152. The molecule has 0 aliphatic carbocycles. The zero-order chi connectivity index (χ0) is 22.3. The quantitative estimate of drug-likeness (QED) is 0.438. The van der Waals surface area contributed by atoms with Crippen LogP contribution < -0.4 is 4.74 Å². The lowest BCUT2D eigenvalue weighted by atomic mass is 9.87. The van der Waals surface area contributed by atoms with Crippen molar-refractivity contribution in [1.29, 1.82) is 0 Å². The summed E-state index contributed by atoms with van der Waals surface area (Å²) >= 11 is 0. The fraction of sp³-hybridized carbons (Fsp3) is 0.556. The number of aliphatic hydroxyl groups is 1. The molecule has 166 valence electrons. The molecule has 0 radical (unpaired) electrons. The molecule has 2 atom stereocenters. The molecular formula is C27H40O3. The fourth-order valence-corrected chi connectivity index (χ4v) is 4.17. The zero-order valence-corrected chi connectivity index (χ0v) is 19.7. The van der Waals surface area contributed by atoms with Gasteiger partial charge in [0.25, 0.3) is 0 Å². The Kier molecular flexibility index (Phi) is 8.78. The minimum Gasteiger partial charge on any atom is -0.508 e. The van der Waals surface area contributed by atoms with Crippen LogP contribution in [0.4, 0.5) is 0 Å². The number of phenols is 1. The Bertz CT molecular complexity index is 812. The van der Waals surface area contributed by atoms with E-state index in [0.29, 0.717) is 5.75 Å². The number of hydrogen-bond acceptors (Lipinski definition) is 3. The number of phenolic OH excluding ortho intramolecular Hbond substituents is 1. The van der Waals surface area contributed by atoms with Gasteiger partial charge in [0.15, 0.2) is 0 Å². The van der Waals surface area contributed by atoms with Gasteiger partial charge in [-0.15, -0.1) is 0 Å². The molecule has 0 amide bonds. The molecule has 0 unspecified atom stereocenters. The largest absolute Gasteiger partial charge is 0.508 e. The van der Waals surface area contributed by atoms with Gasteiger partial charge in [-0.05, 0) is 103 Å². The number of aryl methyl sites for hydroxylation is 2. The SMILES string of the molecule is CC(C)=C[C@@H](CO)C(C)=CCCC(C)=CCC[C@]1(C)CCc2cc(O)cc(C)c2O1. The van der Waals surface area contributed by atoms with Crippen LogP contribution in [-0.2, 0) is 6.42 Å². The van der Waals surface area contributed by atoms with Crippen LogP contribution in [0.15, 0.2) is 47.1 Å². The Hall–Kier alpha value is -2.00. The maximum absolute atomic E-state index is 9.81. The van der Waals surface area contributed by atoms with Gasteiger partial charge in [-0.2, -0.15) is 0 Å². The molecule has 0 aromatic heterocycles. The number of aromatic hydroxyl groups is 1. The lowest BCUT2D eigenvalue weighted by Gasteiger charge is -2.36. The van der Waals surface area contributed by atoms with Crippen LogP contribution in [0.3, 0.4) is 0 Å². The van der Waals surface area contributed by atoms with Gasteiger partial charge in [0.05, 0.1) is 6.61 Å². The Labute approximate surface area is 183 Å². The predicted molar refractivity (Wildman–Crippen MR) is 126 cm³/mol. The molecule has 1 aliphatic rings. The molecule has 1 aromatic rings. The van der Waals surface area contributed by atoms with Crippen LogP contribution in [0.25, 0.3) is 0 Å². The summed E-state index contributed by atoms with van der Waals surface area (Å²) in [6, 6.07) is 3.61. The smallest absolute Gasteiger partial charge is 0.126 e. The van der Waals surface area contributed by atoms with Gasteiger partial charge in [0, 0.05) is 5.92 Å². The molecule has 1 aromatic carbocycles. The van der Waals surface area contributed by atoms with Crippen LogP contribution in [0.5, 0.6) is 11.5 Å². The lowest BCUT2D eigenvalue weighted by molar-refractivity contribution is 0.0561. The fourth-order valence-electron chi connectivity index (χ4n) is 4.17. The topological polar surface area (TPSA) is 49.7 Å². The van der Waals surface area contributed by atoms with Gasteiger partial charge in [-0.1, -0.05) is 34.9 Å². The molecule has 0 saturated heterocycles. The third-order valence-electron chi connectivity index (χ3n) is 6.09. The van der Waals surface area contributed by atoms with Gasteiger partial charge in [-0.25, -0.2) is 0 Å². The molecule has 1 aliphatic heterocycles. The molecule has 0 bridgehead atoms. The third kappa shape index (κ3) is 7.05. The molecule has 0 spiro atoms. The Balaban J connectivity index is 1.86. The summed E-state index contributed by atoms with van der Waals surface area (Å²) in [6.07, 6.45) is 12.7. The van der Waals surface area contributed by atoms with E-state index in [9.17, 15) is 10.2 Å². The normalized spacial score (nSPS) is 20.4. The Morgan fingerprint density at radius 3 is 2.57 bits per heavy atom. The Morgan fingerprint density at radius 2 is 1.90 bits per heavy atom. The number of fused-ring (bicyclic) bond motifs is 1. The maximum Gasteiger partial charge on any atom is 0.126 e. The lowest BCUT2D eigenvalue weighted by Crippen LogP contribution is -2.36. The molecule has 3 nitrogen and oxygen atoms in total. The van der Waals surface area contributed by atoms with Crippen LogP contribution in [0.1, 0.15) is 77.8 Å². The molecule has 0 fully saturated rings. The summed E-state index contributed by atoms with van der Waals surface area (Å²) in [7, 11) is 0. The van der Waals surface area contributed by atoms with Crippen molar-refractivity contribution in [3.8, 4) is 11.5 Å². The van der Waals surface area contributed by atoms with Crippen LogP contribution in [0.2, 0.25) is 0 Å². The van der Waals surface area contributed by atoms with Crippen molar-refractivity contribution < 1.29 is 14.9 Å². The first kappa shape index (κ1) is 24.3. The van der Waals surface area contributed by atoms with E-state index in [1.54, 1.807) is 6.07 Å². The van der Waals surface area contributed by atoms with Crippen LogP contribution in [0, 0.1) is 12.8 Å². The van der Waals surface area contributed by atoms with E-state index in [-0.39, 0.29) is 18.1 Å². The van der Waals surface area contributed by atoms with E-state index in [4.69, 9.17) is 4.74 Å². The summed E-state index contributed by atoms with van der Waals surface area (Å²) < 4.78 is 6.39. The molecule has 0 saturated carbocycles. The highest BCUT2D eigenvalue weighted by Gasteiger charge is 2.31. The van der Waals surface area contributed by atoms with Crippen molar-refractivity contribution in [3.05, 3.63) is 58.2 Å². The number of rotatable bonds is 9. The van der Waals surface area contributed by atoms with Crippen LogP contribution >= 0.6 is 0 Å². The van der Waals surface area contributed by atoms with Crippen molar-refractivity contribution >= 4 is 0 Å². The molecule has 2 N–H and O–H groups in total. The summed E-state index contributed by atoms with van der Waals surface area (Å²) in [5.41, 5.74) is 5.87. The average molecular weight is 413 g/mol. The first-order valence-corrected chi connectivity index (χ1v) is 11.2. The van der Waals surface area contributed by atoms with E-state index in [1.165, 1.54) is 16.7 Å². The second kappa shape index (κ2) is 10.9. The molecule has 3 heteroatoms. The predicted octanol–water partition coefficient (Wildman–Crippen LogP) is 6.81. The van der Waals surface area contributed by atoms with Crippen molar-refractivity contribution in [3.63, 3.8) is 0 Å². The highest BCUT2D eigenvalue weighted by Crippen LogP contribution is 2.39. The summed E-state index contributed by atoms with van der Waals surface area (Å²) in [6.45, 7) is 12.8. The summed E-state index contributed by atoms with van der Waals surface area (Å²) in [5, 5.41) is 19.4. The van der Waals surface area contributed by atoms with Gasteiger partial charge in [0.1, 0.15) is 17.1 Å². The first-order chi connectivity index (χ1) is 14.1. The second-order valence-corrected chi connectivity index (χ2v) is 9.41. The average Bonchev–Trinajstić information content (AvgIpc) is 2.66. The van der Waals surface area contributed by atoms with E-state index in [1.807, 2.05) is 13.0 Å². The van der Waals surface area contributed by atoms with E-state index >= 15 is 0 Å². The molecule has 2 rings (SSSR count). The number of allylic oxidation sites excluding steroid dienone is 4. The summed E-state index contributed by atoms with van der Waals surface area (Å²) in [5.74, 6) is 1.42. The highest BCUT2D eigenvalue weighted by molar-refractivity contribution is 5.47. The van der Waals surface area contributed by atoms with Gasteiger partial charge >= 0.3 is 0 Å². The van der Waals surface area contributed by atoms with Gasteiger partial charge < -0.3 is 14.9 Å². The van der Waals surface area contributed by atoms with Crippen molar-refractivity contribution in [1.82, 2.24) is 0 Å². The van der Waals surface area contributed by atoms with Gasteiger partial charge in [-0.3, -0.25) is 0 Å². The minimum absolute atomic E-state index is 0.135. The third-order valence-corrected chi connectivity index (χ3v) is 6.09. The van der Waals surface area contributed by atoms with E-state index in [2.05, 4.69) is 52.8 Å². The molecule has 30 heavy (non-hydrogen) atoms. The zero-order valence-electron chi connectivity index (χ0n) is 19.7. The molecule has 1 heterocycles. The van der Waals surface area contributed by atoms with Gasteiger partial charge in [0.2, 0.25) is 0 Å². The number of benzene rings is 1. The first-order valence-electron chi connectivity index (χ1n) is 11.2. The number of hydrogen-bond donors (Lipinski definition) is 2. The van der Waals surface area contributed by atoms with Crippen molar-refractivity contribution in [2.24, 2.45) is 5.92 Å². The standard InChI is InChI=1S/C27H40O3/c1-19(2)15-24(18-28)21(4)11-7-9-20(3)10-8-13-27(6)14-12-23-17-25(29)16-22(5)26(23)30-27/h10-11,15-17,24,28-29H,7-9,12-14,18H2,1-6H3/t24-,27+/m0/s1. The second-order valence-electron chi connectivity index (χ2n) is 9.41. The number of ether oxygens (including phenoxy) is 1. The van der Waals surface area contributed by atoms with Crippen molar-refractivity contribution in [2.45, 2.75) is 85.7 Å². The Morgan fingerprint density at radius 1 is 1.17 bits per heavy atom.